The maximum atomic E-state index is 13.4. The summed E-state index contributed by atoms with van der Waals surface area (Å²) in [4.78, 5) is 34.0. The fraction of sp³-hybridized carbons (Fsp3) is 0.469. The highest BCUT2D eigenvalue weighted by Gasteiger charge is 2.38. The Morgan fingerprint density at radius 1 is 0.974 bits per heavy atom. The van der Waals surface area contributed by atoms with E-state index in [1.807, 2.05) is 81.4 Å². The number of rotatable bonds is 11. The van der Waals surface area contributed by atoms with E-state index in [4.69, 9.17) is 10.5 Å². The molecule has 4 N–H and O–H groups in total. The van der Waals surface area contributed by atoms with Crippen molar-refractivity contribution in [1.82, 2.24) is 9.97 Å². The number of aliphatic hydroxyl groups excluding tert-OH is 1. The number of esters is 1. The first-order valence-corrected chi connectivity index (χ1v) is 13.6. The number of hydrogen-bond acceptors (Lipinski definition) is 6. The van der Waals surface area contributed by atoms with Crippen molar-refractivity contribution in [2.24, 2.45) is 17.1 Å². The fourth-order valence-corrected chi connectivity index (χ4v) is 4.69. The number of carbonyl (C=O) groups excluding carboxylic acids is 2. The van der Waals surface area contributed by atoms with Crippen molar-refractivity contribution in [3.8, 4) is 0 Å². The molecule has 2 aromatic carbocycles. The number of ketones is 1. The Morgan fingerprint density at radius 3 is 2.13 bits per heavy atom. The number of imidazole rings is 1. The van der Waals surface area contributed by atoms with E-state index in [-0.39, 0.29) is 23.5 Å². The van der Waals surface area contributed by atoms with Gasteiger partial charge in [0, 0.05) is 18.4 Å². The van der Waals surface area contributed by atoms with Crippen molar-refractivity contribution in [1.29, 1.82) is 0 Å². The average Bonchev–Trinajstić information content (AvgIpc) is 3.33. The van der Waals surface area contributed by atoms with Crippen molar-refractivity contribution in [2.75, 3.05) is 0 Å². The predicted molar refractivity (Wildman–Crippen MR) is 153 cm³/mol. The number of aliphatic hydroxyl groups is 1. The number of H-pyrrole nitrogens is 1. The van der Waals surface area contributed by atoms with E-state index in [1.54, 1.807) is 27.0 Å². The predicted octanol–water partition coefficient (Wildman–Crippen LogP) is 5.76. The number of aromatic nitrogens is 2. The van der Waals surface area contributed by atoms with Crippen LogP contribution in [0.25, 0.3) is 0 Å². The van der Waals surface area contributed by atoms with Gasteiger partial charge < -0.3 is 20.6 Å². The molecule has 3 rings (SSSR count). The zero-order valence-electron chi connectivity index (χ0n) is 24.0. The summed E-state index contributed by atoms with van der Waals surface area (Å²) in [6, 6.07) is 18.4. The third-order valence-electron chi connectivity index (χ3n) is 6.49. The van der Waals surface area contributed by atoms with Gasteiger partial charge in [0.2, 0.25) is 0 Å². The van der Waals surface area contributed by atoms with Crippen molar-refractivity contribution >= 4 is 11.8 Å². The smallest absolute Gasteiger partial charge is 0.314 e. The molecule has 1 unspecified atom stereocenters. The van der Waals surface area contributed by atoms with E-state index in [9.17, 15) is 14.7 Å². The number of hydrogen-bond donors (Lipinski definition) is 3. The minimum absolute atomic E-state index is 0.0157. The summed E-state index contributed by atoms with van der Waals surface area (Å²) in [5.74, 6) is -1.27. The molecule has 1 aromatic heterocycles. The molecule has 4 atom stereocenters. The first kappa shape index (κ1) is 30.3. The molecule has 0 saturated heterocycles. The highest BCUT2D eigenvalue weighted by Crippen LogP contribution is 2.33. The van der Waals surface area contributed by atoms with Gasteiger partial charge >= 0.3 is 5.97 Å². The van der Waals surface area contributed by atoms with Crippen LogP contribution in [0.5, 0.6) is 0 Å². The molecular weight excluding hydrogens is 490 g/mol. The van der Waals surface area contributed by atoms with Crippen molar-refractivity contribution in [3.05, 3.63) is 89.5 Å². The van der Waals surface area contributed by atoms with Gasteiger partial charge in [-0.15, -0.1) is 0 Å². The Morgan fingerprint density at radius 2 is 1.56 bits per heavy atom. The van der Waals surface area contributed by atoms with Crippen molar-refractivity contribution < 1.29 is 19.4 Å². The number of Topliss-reactive ketones (excluding diaryl/α,β-unsaturated/α-hetero) is 1. The third kappa shape index (κ3) is 9.15. The van der Waals surface area contributed by atoms with Gasteiger partial charge in [-0.25, -0.2) is 4.98 Å². The van der Waals surface area contributed by atoms with Crippen LogP contribution >= 0.6 is 0 Å². The molecule has 7 nitrogen and oxygen atoms in total. The standard InChI is InChI=1S/C32H43N3O4/c1-31(2,3)19-26(37)24-20-34-29(35-24)23(17-21-13-9-7-10-14-21)18-25(36)27(30(38)39-32(4,5)6)28(33)22-15-11-8-12-16-22/h7-16,20,23,25,27-28,36H,17-19,33H2,1-6H3,(H,34,35)/t23-,25+,27-,28?/m1/s1. The fourth-order valence-electron chi connectivity index (χ4n) is 4.69. The quantitative estimate of drug-likeness (QED) is 0.213. The normalized spacial score (nSPS) is 15.3. The molecule has 0 saturated carbocycles. The molecule has 7 heteroatoms. The minimum atomic E-state index is -1.12. The van der Waals surface area contributed by atoms with Gasteiger partial charge in [0.1, 0.15) is 23.0 Å². The van der Waals surface area contributed by atoms with Crippen LogP contribution in [-0.2, 0) is 16.0 Å². The van der Waals surface area contributed by atoms with Crippen LogP contribution in [-0.4, -0.2) is 38.5 Å². The van der Waals surface area contributed by atoms with E-state index in [0.717, 1.165) is 11.1 Å². The Kier molecular flexibility index (Phi) is 9.86. The SMILES string of the molecule is CC(C)(C)CC(=O)c1cnc([C@H](Cc2ccccc2)C[C@H](O)[C@@H](C(=O)OC(C)(C)C)C(N)c2ccccc2)[nH]1. The van der Waals surface area contributed by atoms with E-state index >= 15 is 0 Å². The topological polar surface area (TPSA) is 118 Å². The Bertz CT molecular complexity index is 1210. The second-order valence-corrected chi connectivity index (χ2v) is 12.5. The monoisotopic (exact) mass is 533 g/mol. The lowest BCUT2D eigenvalue weighted by Gasteiger charge is -2.32. The molecule has 3 aromatic rings. The van der Waals surface area contributed by atoms with E-state index in [1.165, 1.54) is 0 Å². The largest absolute Gasteiger partial charge is 0.460 e. The first-order valence-electron chi connectivity index (χ1n) is 13.6. The van der Waals surface area contributed by atoms with Gasteiger partial charge in [-0.05, 0) is 50.2 Å². The van der Waals surface area contributed by atoms with Crippen LogP contribution in [0.1, 0.15) is 93.8 Å². The van der Waals surface area contributed by atoms with Gasteiger partial charge in [0.15, 0.2) is 5.78 Å². The van der Waals surface area contributed by atoms with Gasteiger partial charge in [0.25, 0.3) is 0 Å². The van der Waals surface area contributed by atoms with Crippen LogP contribution in [0.15, 0.2) is 66.9 Å². The molecule has 0 bridgehead atoms. The van der Waals surface area contributed by atoms with Gasteiger partial charge in [0.05, 0.1) is 12.3 Å². The summed E-state index contributed by atoms with van der Waals surface area (Å²) in [7, 11) is 0. The average molecular weight is 534 g/mol. The molecule has 0 fully saturated rings. The van der Waals surface area contributed by atoms with Gasteiger partial charge in [-0.2, -0.15) is 0 Å². The number of benzene rings is 2. The molecule has 0 aliphatic carbocycles. The van der Waals surface area contributed by atoms with Crippen molar-refractivity contribution in [3.63, 3.8) is 0 Å². The first-order chi connectivity index (χ1) is 18.2. The van der Waals surface area contributed by atoms with Crippen LogP contribution in [0.3, 0.4) is 0 Å². The second-order valence-electron chi connectivity index (χ2n) is 12.5. The van der Waals surface area contributed by atoms with E-state index in [2.05, 4.69) is 9.97 Å². The summed E-state index contributed by atoms with van der Waals surface area (Å²) in [6.45, 7) is 11.4. The highest BCUT2D eigenvalue weighted by molar-refractivity contribution is 5.94. The molecule has 0 aliphatic rings. The Balaban J connectivity index is 1.93. The molecule has 0 amide bonds. The number of ether oxygens (including phenoxy) is 1. The zero-order chi connectivity index (χ0) is 28.8. The maximum Gasteiger partial charge on any atom is 0.314 e. The lowest BCUT2D eigenvalue weighted by Crippen LogP contribution is -2.42. The van der Waals surface area contributed by atoms with Crippen molar-refractivity contribution in [2.45, 2.75) is 84.5 Å². The molecule has 0 aliphatic heterocycles. The molecular formula is C32H43N3O4. The number of carbonyl (C=O) groups is 2. The third-order valence-corrected chi connectivity index (χ3v) is 6.49. The molecule has 39 heavy (non-hydrogen) atoms. The summed E-state index contributed by atoms with van der Waals surface area (Å²) >= 11 is 0. The molecule has 210 valence electrons. The lowest BCUT2D eigenvalue weighted by atomic mass is 9.83. The second kappa shape index (κ2) is 12.7. The Labute approximate surface area is 232 Å². The maximum absolute atomic E-state index is 13.4. The molecule has 0 radical (unpaired) electrons. The molecule has 0 spiro atoms. The Hall–Kier alpha value is -3.29. The zero-order valence-corrected chi connectivity index (χ0v) is 24.0. The van der Waals surface area contributed by atoms with Gasteiger partial charge in [-0.3, -0.25) is 9.59 Å². The van der Waals surface area contributed by atoms with E-state index < -0.39 is 29.6 Å². The van der Waals surface area contributed by atoms with Crippen LogP contribution in [0.4, 0.5) is 0 Å². The van der Waals surface area contributed by atoms with Crippen LogP contribution in [0, 0.1) is 11.3 Å². The summed E-state index contributed by atoms with van der Waals surface area (Å²) in [5.41, 5.74) is 7.93. The van der Waals surface area contributed by atoms with Crippen LogP contribution in [0.2, 0.25) is 0 Å². The summed E-state index contributed by atoms with van der Waals surface area (Å²) in [6.07, 6.45) is 1.57. The number of nitrogens with one attached hydrogen (secondary N) is 1. The minimum Gasteiger partial charge on any atom is -0.460 e. The molecule has 1 heterocycles. The van der Waals surface area contributed by atoms with Gasteiger partial charge in [-0.1, -0.05) is 81.4 Å². The lowest BCUT2D eigenvalue weighted by molar-refractivity contribution is -0.165. The number of nitrogens with two attached hydrogens (primary N) is 1. The van der Waals surface area contributed by atoms with E-state index in [0.29, 0.717) is 24.4 Å². The number of nitrogens with zero attached hydrogens (tertiary/aromatic N) is 1. The number of aromatic amines is 1. The summed E-state index contributed by atoms with van der Waals surface area (Å²) in [5, 5.41) is 11.6. The highest BCUT2D eigenvalue weighted by atomic mass is 16.6. The van der Waals surface area contributed by atoms with Crippen LogP contribution < -0.4 is 5.73 Å². The summed E-state index contributed by atoms with van der Waals surface area (Å²) < 4.78 is 5.70.